The molecule has 0 unspecified atom stereocenters. The van der Waals surface area contributed by atoms with Gasteiger partial charge in [-0.15, -0.1) is 0 Å². The standard InChI is InChI=1S/C21H20BrN3O2/c1-23-10-12-24(13-11-23)19-18(15-6-3-2-4-7-15)20(26)25(21(19)27)17-9-5-8-16(22)14-17/h2-9,14H,10-13H2,1H3. The molecule has 0 N–H and O–H groups in total. The van der Waals surface area contributed by atoms with E-state index in [0.29, 0.717) is 17.0 Å². The number of imide groups is 1. The van der Waals surface area contributed by atoms with Crippen molar-refractivity contribution < 1.29 is 9.59 Å². The SMILES string of the molecule is CN1CCN(C2=C(c3ccccc3)C(=O)N(c3cccc(Br)c3)C2=O)CC1. The summed E-state index contributed by atoms with van der Waals surface area (Å²) in [6, 6.07) is 16.8. The van der Waals surface area contributed by atoms with Crippen LogP contribution in [0.25, 0.3) is 5.57 Å². The number of rotatable bonds is 3. The second-order valence-electron chi connectivity index (χ2n) is 6.81. The second-order valence-corrected chi connectivity index (χ2v) is 7.72. The Hall–Kier alpha value is -2.44. The number of likely N-dealkylation sites (N-methyl/N-ethyl adjacent to an activating group) is 1. The van der Waals surface area contributed by atoms with Gasteiger partial charge in [0.25, 0.3) is 11.8 Å². The number of piperazine rings is 1. The van der Waals surface area contributed by atoms with E-state index in [1.807, 2.05) is 42.5 Å². The average molecular weight is 426 g/mol. The van der Waals surface area contributed by atoms with Crippen LogP contribution in [0, 0.1) is 0 Å². The summed E-state index contributed by atoms with van der Waals surface area (Å²) in [6.07, 6.45) is 0. The molecule has 27 heavy (non-hydrogen) atoms. The van der Waals surface area contributed by atoms with Crippen LogP contribution in [0.1, 0.15) is 5.56 Å². The Morgan fingerprint density at radius 1 is 0.852 bits per heavy atom. The van der Waals surface area contributed by atoms with E-state index in [2.05, 4.69) is 32.8 Å². The summed E-state index contributed by atoms with van der Waals surface area (Å²) in [5.74, 6) is -0.514. The van der Waals surface area contributed by atoms with E-state index in [0.717, 1.165) is 36.2 Å². The quantitative estimate of drug-likeness (QED) is 0.709. The van der Waals surface area contributed by atoms with Gasteiger partial charge in [-0.3, -0.25) is 9.59 Å². The number of benzene rings is 2. The molecule has 2 aliphatic rings. The van der Waals surface area contributed by atoms with Crippen LogP contribution in [0.15, 0.2) is 64.8 Å². The van der Waals surface area contributed by atoms with Crippen molar-refractivity contribution in [3.05, 3.63) is 70.3 Å². The lowest BCUT2D eigenvalue weighted by Gasteiger charge is -2.34. The number of nitrogens with zero attached hydrogens (tertiary/aromatic N) is 3. The predicted molar refractivity (Wildman–Crippen MR) is 109 cm³/mol. The Morgan fingerprint density at radius 3 is 2.22 bits per heavy atom. The van der Waals surface area contributed by atoms with Gasteiger partial charge in [0.15, 0.2) is 0 Å². The molecule has 0 radical (unpaired) electrons. The first kappa shape index (κ1) is 17.9. The number of carbonyl (C=O) groups is 2. The van der Waals surface area contributed by atoms with Crippen molar-refractivity contribution in [2.45, 2.75) is 0 Å². The molecule has 2 amide bonds. The van der Waals surface area contributed by atoms with Gasteiger partial charge in [0, 0.05) is 30.7 Å². The van der Waals surface area contributed by atoms with Gasteiger partial charge in [-0.2, -0.15) is 0 Å². The van der Waals surface area contributed by atoms with E-state index in [1.54, 1.807) is 12.1 Å². The van der Waals surface area contributed by atoms with Crippen LogP contribution in [0.2, 0.25) is 0 Å². The highest BCUT2D eigenvalue weighted by molar-refractivity contribution is 9.10. The topological polar surface area (TPSA) is 43.9 Å². The molecular formula is C21H20BrN3O2. The summed E-state index contributed by atoms with van der Waals surface area (Å²) in [4.78, 5) is 32.3. The monoisotopic (exact) mass is 425 g/mol. The summed E-state index contributed by atoms with van der Waals surface area (Å²) in [5, 5.41) is 0. The Labute approximate surface area is 167 Å². The number of hydrogen-bond acceptors (Lipinski definition) is 4. The van der Waals surface area contributed by atoms with Gasteiger partial charge in [0.05, 0.1) is 11.3 Å². The number of carbonyl (C=O) groups excluding carboxylic acids is 2. The van der Waals surface area contributed by atoms with E-state index >= 15 is 0 Å². The number of hydrogen-bond donors (Lipinski definition) is 0. The molecule has 0 aromatic heterocycles. The molecule has 2 aromatic carbocycles. The van der Waals surface area contributed by atoms with E-state index in [9.17, 15) is 9.59 Å². The van der Waals surface area contributed by atoms with Gasteiger partial charge < -0.3 is 9.80 Å². The third kappa shape index (κ3) is 3.31. The summed E-state index contributed by atoms with van der Waals surface area (Å²) in [7, 11) is 2.07. The molecule has 2 aliphatic heterocycles. The summed E-state index contributed by atoms with van der Waals surface area (Å²) in [5.41, 5.74) is 2.36. The Balaban J connectivity index is 1.80. The van der Waals surface area contributed by atoms with Crippen LogP contribution in [0.5, 0.6) is 0 Å². The molecule has 0 atom stereocenters. The van der Waals surface area contributed by atoms with E-state index in [1.165, 1.54) is 4.90 Å². The molecule has 2 heterocycles. The Bertz CT molecular complexity index is 918. The number of halogens is 1. The normalized spacial score (nSPS) is 18.6. The predicted octanol–water partition coefficient (Wildman–Crippen LogP) is 2.98. The zero-order valence-corrected chi connectivity index (χ0v) is 16.6. The fraction of sp³-hybridized carbons (Fsp3) is 0.238. The van der Waals surface area contributed by atoms with Crippen molar-refractivity contribution in [2.24, 2.45) is 0 Å². The summed E-state index contributed by atoms with van der Waals surface area (Å²) >= 11 is 3.43. The lowest BCUT2D eigenvalue weighted by atomic mass is 10.0. The lowest BCUT2D eigenvalue weighted by Crippen LogP contribution is -2.46. The molecule has 1 fully saturated rings. The minimum Gasteiger partial charge on any atom is -0.364 e. The van der Waals surface area contributed by atoms with Crippen molar-refractivity contribution in [3.8, 4) is 0 Å². The summed E-state index contributed by atoms with van der Waals surface area (Å²) in [6.45, 7) is 3.19. The van der Waals surface area contributed by atoms with Crippen molar-refractivity contribution in [2.75, 3.05) is 38.1 Å². The molecule has 5 nitrogen and oxygen atoms in total. The largest absolute Gasteiger partial charge is 0.364 e. The molecule has 1 saturated heterocycles. The van der Waals surface area contributed by atoms with Gasteiger partial charge in [-0.05, 0) is 30.8 Å². The van der Waals surface area contributed by atoms with Crippen molar-refractivity contribution in [1.29, 1.82) is 0 Å². The Morgan fingerprint density at radius 2 is 1.56 bits per heavy atom. The molecule has 4 rings (SSSR count). The van der Waals surface area contributed by atoms with Crippen molar-refractivity contribution in [1.82, 2.24) is 9.80 Å². The molecule has 138 valence electrons. The van der Waals surface area contributed by atoms with Crippen LogP contribution < -0.4 is 4.90 Å². The number of amides is 2. The van der Waals surface area contributed by atoms with Crippen LogP contribution in [-0.2, 0) is 9.59 Å². The third-order valence-electron chi connectivity index (χ3n) is 5.01. The van der Waals surface area contributed by atoms with Gasteiger partial charge in [-0.1, -0.05) is 52.3 Å². The third-order valence-corrected chi connectivity index (χ3v) is 5.50. The number of anilines is 1. The first-order valence-electron chi connectivity index (χ1n) is 8.94. The molecule has 2 aromatic rings. The maximum atomic E-state index is 13.4. The van der Waals surface area contributed by atoms with Crippen LogP contribution in [0.3, 0.4) is 0 Å². The van der Waals surface area contributed by atoms with Crippen molar-refractivity contribution >= 4 is 39.0 Å². The van der Waals surface area contributed by atoms with E-state index < -0.39 is 0 Å². The van der Waals surface area contributed by atoms with Crippen LogP contribution >= 0.6 is 15.9 Å². The first-order chi connectivity index (χ1) is 13.1. The fourth-order valence-corrected chi connectivity index (χ4v) is 3.94. The minimum absolute atomic E-state index is 0.249. The highest BCUT2D eigenvalue weighted by Crippen LogP contribution is 2.35. The van der Waals surface area contributed by atoms with Crippen LogP contribution in [-0.4, -0.2) is 54.8 Å². The smallest absolute Gasteiger partial charge is 0.282 e. The Kier molecular flexibility index (Phi) is 4.85. The highest BCUT2D eigenvalue weighted by atomic mass is 79.9. The zero-order chi connectivity index (χ0) is 19.0. The molecule has 0 saturated carbocycles. The minimum atomic E-state index is -0.266. The summed E-state index contributed by atoms with van der Waals surface area (Å²) < 4.78 is 0.829. The molecule has 6 heteroatoms. The maximum Gasteiger partial charge on any atom is 0.282 e. The average Bonchev–Trinajstić information content (AvgIpc) is 2.93. The molecule has 0 aliphatic carbocycles. The zero-order valence-electron chi connectivity index (χ0n) is 15.1. The second kappa shape index (κ2) is 7.29. The fourth-order valence-electron chi connectivity index (χ4n) is 3.56. The van der Waals surface area contributed by atoms with Gasteiger partial charge in [0.2, 0.25) is 0 Å². The van der Waals surface area contributed by atoms with Crippen molar-refractivity contribution in [3.63, 3.8) is 0 Å². The molecule has 0 spiro atoms. The van der Waals surface area contributed by atoms with E-state index in [-0.39, 0.29) is 11.8 Å². The van der Waals surface area contributed by atoms with E-state index in [4.69, 9.17) is 0 Å². The van der Waals surface area contributed by atoms with Gasteiger partial charge in [0.1, 0.15) is 5.70 Å². The van der Waals surface area contributed by atoms with Gasteiger partial charge in [-0.25, -0.2) is 4.90 Å². The van der Waals surface area contributed by atoms with Gasteiger partial charge >= 0.3 is 0 Å². The maximum absolute atomic E-state index is 13.4. The molecule has 0 bridgehead atoms. The van der Waals surface area contributed by atoms with Crippen LogP contribution in [0.4, 0.5) is 5.69 Å². The highest BCUT2D eigenvalue weighted by Gasteiger charge is 2.42. The lowest BCUT2D eigenvalue weighted by molar-refractivity contribution is -0.120. The first-order valence-corrected chi connectivity index (χ1v) is 9.73. The molecular weight excluding hydrogens is 406 g/mol.